The molecule has 0 unspecified atom stereocenters. The molecular weight excluding hydrogens is 2320 g/mol. The number of hydrogen-bond acceptors (Lipinski definition) is 13. The minimum atomic E-state index is -0.803. The number of halogens is 17. The fraction of sp³-hybridized carbons (Fsp3) is 0.283. The van der Waals surface area contributed by atoms with E-state index in [0.717, 1.165) is 0 Å². The Balaban J connectivity index is 0.000000295. The van der Waals surface area contributed by atoms with E-state index in [-0.39, 0.29) is 161 Å². The Labute approximate surface area is 692 Å². The first-order valence-electron chi connectivity index (χ1n) is 27.4. The molecule has 6 N–H and O–H groups in total. The van der Waals surface area contributed by atoms with Crippen LogP contribution in [0.4, 0.5) is 0 Å². The summed E-state index contributed by atoms with van der Waals surface area (Å²) in [4.78, 5) is 88.4. The lowest BCUT2D eigenvalue weighted by molar-refractivity contribution is -0.122. The van der Waals surface area contributed by atoms with Gasteiger partial charge in [0.25, 0.3) is 0 Å². The van der Waals surface area contributed by atoms with Crippen molar-refractivity contribution in [2.24, 2.45) is 0 Å². The van der Waals surface area contributed by atoms with Crippen LogP contribution < -0.4 is 26.8 Å². The average Bonchev–Trinajstić information content (AvgIpc) is 0.729. The highest BCUT2D eigenvalue weighted by Gasteiger charge is 2.36. The van der Waals surface area contributed by atoms with E-state index in [0.29, 0.717) is 142 Å². The van der Waals surface area contributed by atoms with E-state index < -0.39 is 11.9 Å². The lowest BCUT2D eigenvalue weighted by Gasteiger charge is -2.22. The number of carbonyl (C=O) groups excluding carboxylic acids is 5. The molecule has 0 saturated carbocycles. The lowest BCUT2D eigenvalue weighted by atomic mass is 9.90. The van der Waals surface area contributed by atoms with Gasteiger partial charge in [0.15, 0.2) is 22.7 Å². The minimum Gasteiger partial charge on any atom is -0.677 e. The molecule has 0 fully saturated rings. The van der Waals surface area contributed by atoms with Gasteiger partial charge in [0.1, 0.15) is 18.6 Å². The molecule has 0 bridgehead atoms. The number of benzene rings is 6. The molecule has 4 aromatic rings. The number of phenolic OH excluding ortho intramolecular Hbond substituents is 2. The number of rotatable bonds is 23. The third-order valence-electron chi connectivity index (χ3n) is 13.8. The second kappa shape index (κ2) is 37.7. The zero-order chi connectivity index (χ0) is 68.6. The van der Waals surface area contributed by atoms with Crippen LogP contribution in [0, 0.1) is 28.6 Å². The van der Waals surface area contributed by atoms with Gasteiger partial charge >= 0.3 is 11.9 Å². The van der Waals surface area contributed by atoms with Gasteiger partial charge in [-0.2, -0.15) is 0 Å². The number of unbranched alkanes of at least 4 members (excludes halogenated alkanes) is 4. The molecule has 4 aliphatic rings. The smallest absolute Gasteiger partial charge is 0.340 e. The van der Waals surface area contributed by atoms with Gasteiger partial charge in [0.05, 0.1) is 85.9 Å². The second-order valence-corrected chi connectivity index (χ2v) is 32.0. The fourth-order valence-corrected chi connectivity index (χ4v) is 18.5. The van der Waals surface area contributed by atoms with Crippen LogP contribution in [0.25, 0.3) is 72.6 Å². The summed E-state index contributed by atoms with van der Waals surface area (Å²) >= 11 is 68.8. The van der Waals surface area contributed by atoms with E-state index in [2.05, 4.69) is 16.0 Å². The molecule has 2 aliphatic carbocycles. The van der Waals surface area contributed by atoms with Crippen molar-refractivity contribution in [2.75, 3.05) is 39.4 Å². The Morgan fingerprint density at radius 2 is 0.830 bits per heavy atom. The van der Waals surface area contributed by atoms with Crippen LogP contribution in [0.5, 0.6) is 11.5 Å². The van der Waals surface area contributed by atoms with Gasteiger partial charge in [-0.3, -0.25) is 24.0 Å². The molecule has 3 amide bonds. The van der Waals surface area contributed by atoms with Gasteiger partial charge in [-0.15, -0.1) is 19.0 Å². The Bertz CT molecular complexity index is 4370. The Kier molecular flexibility index (Phi) is 33.1. The third-order valence-corrected chi connectivity index (χ3v) is 24.6. The van der Waals surface area contributed by atoms with Gasteiger partial charge < -0.3 is 50.2 Å². The first kappa shape index (κ1) is 82.6. The van der Waals surface area contributed by atoms with Gasteiger partial charge in [0.2, 0.25) is 28.6 Å². The van der Waals surface area contributed by atoms with Crippen LogP contribution in [0.15, 0.2) is 42.7 Å². The zero-order valence-corrected chi connectivity index (χ0v) is 72.1. The van der Waals surface area contributed by atoms with Crippen molar-refractivity contribution in [3.8, 4) is 56.4 Å². The monoisotopic (exact) mass is 2360 g/mol. The second-order valence-electron chi connectivity index (χ2n) is 20.1. The maximum Gasteiger partial charge on any atom is 0.340 e. The highest BCUT2D eigenvalue weighted by atomic mass is 127. The van der Waals surface area contributed by atoms with Gasteiger partial charge in [-0.1, -0.05) is 99.2 Å². The highest BCUT2D eigenvalue weighted by molar-refractivity contribution is 14.1. The van der Waals surface area contributed by atoms with Crippen molar-refractivity contribution >= 4 is 338 Å². The summed E-state index contributed by atoms with van der Waals surface area (Å²) in [6.07, 6.45) is 5.25. The summed E-state index contributed by atoms with van der Waals surface area (Å²) in [5.41, 5.74) is 8.87. The highest BCUT2D eigenvalue weighted by Crippen LogP contribution is 2.55. The van der Waals surface area contributed by atoms with Crippen LogP contribution in [-0.2, 0) is 23.9 Å². The molecule has 2 heterocycles. The molecule has 0 spiro atoms. The van der Waals surface area contributed by atoms with Crippen molar-refractivity contribution in [1.82, 2.24) is 16.0 Å². The summed E-state index contributed by atoms with van der Waals surface area (Å²) in [5, 5.41) is 29.8. The quantitative estimate of drug-likeness (QED) is 0.00997. The van der Waals surface area contributed by atoms with Crippen LogP contribution >= 0.6 is 286 Å². The molecule has 0 atom stereocenters. The zero-order valence-electron chi connectivity index (χ0n) is 48.0. The summed E-state index contributed by atoms with van der Waals surface area (Å²) in [7, 11) is 0. The first-order valence-corrected chi connectivity index (χ1v) is 39.0. The van der Waals surface area contributed by atoms with E-state index in [1.165, 1.54) is 6.92 Å². The molecule has 94 heavy (non-hydrogen) atoms. The van der Waals surface area contributed by atoms with Crippen LogP contribution in [0.3, 0.4) is 0 Å². The number of fused-ring (bicyclic) bond motifs is 4. The predicted octanol–water partition coefficient (Wildman–Crippen LogP) is 20.7. The summed E-state index contributed by atoms with van der Waals surface area (Å²) in [6.45, 7) is 3.19. The normalized spacial score (nSPS) is 11.2. The first-order chi connectivity index (χ1) is 44.0. The largest absolute Gasteiger partial charge is 0.677 e. The molecule has 4 aromatic carbocycles. The van der Waals surface area contributed by atoms with Crippen LogP contribution in [-0.4, -0.2) is 79.3 Å². The standard InChI is InChI=1S/C31H24Cl4I4N2O7.C29H21Cl4I4N2O6.ClH/c1-12(42)40-7-5-8-41-17(43)6-3-2-4-9-47-31(46)20-19(21(32)23(34)24(35)22(20)33)18-13-10-15(36)27(44)25(38)29(13)48-30-14(18)11-16(37)28(45)26(30)39;30-19-17(16-11-9-13(34)25(41)23(36)27(11)45-28-12(16)10-14(35)26(42)24(28)37)18(20(31)22(33)21(19)32)29(43)44-8-3-1-2-5-15(40)39-7-4-6-38;/h10-11,44H,2-9H2,1H3,(H,40,42)(H,41,43);9-10,38,41H,1-8H2,(H,39,40);1H/q;-1;. The number of phenols is 2. The van der Waals surface area contributed by atoms with E-state index >= 15 is 0 Å². The predicted molar refractivity (Wildman–Crippen MR) is 442 cm³/mol. The van der Waals surface area contributed by atoms with Crippen molar-refractivity contribution in [3.63, 3.8) is 0 Å². The van der Waals surface area contributed by atoms with Gasteiger partial charge in [-0.05, 0) is 250 Å². The molecule has 2 aliphatic heterocycles. The van der Waals surface area contributed by atoms with Gasteiger partial charge in [0, 0.05) is 83.6 Å². The third kappa shape index (κ3) is 19.1. The average molecular weight is 2370 g/mol. The molecular formula is C60H46Cl9I8N4O13-. The molecule has 34 heteroatoms. The maximum absolute atomic E-state index is 13.8. The summed E-state index contributed by atoms with van der Waals surface area (Å²) < 4.78 is 26.9. The summed E-state index contributed by atoms with van der Waals surface area (Å²) in [6, 6.07) is 6.63. The number of ether oxygens (including phenoxy) is 2. The number of carbonyl (C=O) groups is 5. The van der Waals surface area contributed by atoms with E-state index in [4.69, 9.17) is 117 Å². The number of aromatic hydroxyl groups is 2. The number of hydrogen-bond donors (Lipinski definition) is 5. The molecule has 0 aromatic heterocycles. The van der Waals surface area contributed by atoms with E-state index in [1.54, 1.807) is 24.3 Å². The van der Waals surface area contributed by atoms with Crippen molar-refractivity contribution in [1.29, 1.82) is 0 Å². The fourth-order valence-electron chi connectivity index (χ4n) is 9.32. The van der Waals surface area contributed by atoms with Crippen LogP contribution in [0.1, 0.15) is 91.8 Å². The SMILES string of the molecule is CC(=O)NCCCNC(=O)CCCCCOC(=O)c1c(Cl)c(Cl)c(Cl)c(Cl)c1-c1c2cc(I)c(=O)c(I)c-2oc2c(I)c(O)c(I)cc12.Cl.[NH-]CCCNC(=O)CCCCCOC(=O)c1c(Cl)c(Cl)c(Cl)c(Cl)c1-c1c2cc(I)c(=O)c(I)c-2oc2c(I)c(O)c(I)cc12. The Hall–Kier alpha value is -0.380. The Morgan fingerprint density at radius 1 is 0.468 bits per heavy atom. The van der Waals surface area contributed by atoms with Crippen LogP contribution in [0.2, 0.25) is 40.2 Å². The molecule has 8 rings (SSSR count). The van der Waals surface area contributed by atoms with Crippen molar-refractivity contribution < 1.29 is 52.5 Å². The summed E-state index contributed by atoms with van der Waals surface area (Å²) in [5.74, 6) is -1.48. The maximum atomic E-state index is 13.8. The van der Waals surface area contributed by atoms with E-state index in [9.17, 15) is 43.8 Å². The molecule has 504 valence electrons. The van der Waals surface area contributed by atoms with Crippen molar-refractivity contribution in [3.05, 3.63) is 130 Å². The molecule has 0 saturated heterocycles. The topological polar surface area (TPSA) is 265 Å². The molecule has 0 radical (unpaired) electrons. The van der Waals surface area contributed by atoms with Gasteiger partial charge in [-0.25, -0.2) is 9.59 Å². The minimum absolute atomic E-state index is 0. The Morgan fingerprint density at radius 3 is 1.20 bits per heavy atom. The van der Waals surface area contributed by atoms with Crippen molar-refractivity contribution in [2.45, 2.75) is 71.1 Å². The molecule has 17 nitrogen and oxygen atoms in total. The van der Waals surface area contributed by atoms with E-state index in [1.807, 2.05) is 181 Å². The lowest BCUT2D eigenvalue weighted by Crippen LogP contribution is -2.28. The number of esters is 2. The number of amides is 3. The number of nitrogens with one attached hydrogen (secondary N) is 4.